The van der Waals surface area contributed by atoms with Crippen LogP contribution in [0.4, 0.5) is 0 Å². The molecule has 4 heterocycles. The largest absolute Gasteiger partial charge is 0.423 e. The molecule has 3 fully saturated rings. The molecule has 0 atom stereocenters. The van der Waals surface area contributed by atoms with Crippen molar-refractivity contribution in [3.05, 3.63) is 45.8 Å². The highest BCUT2D eigenvalue weighted by atomic mass is 16.4. The summed E-state index contributed by atoms with van der Waals surface area (Å²) in [6, 6.07) is 8.02. The van der Waals surface area contributed by atoms with Crippen molar-refractivity contribution in [3.8, 4) is 0 Å². The van der Waals surface area contributed by atoms with Crippen LogP contribution in [0.15, 0.2) is 33.5 Å². The van der Waals surface area contributed by atoms with Crippen molar-refractivity contribution in [2.24, 2.45) is 0 Å². The second-order valence-electron chi connectivity index (χ2n) is 6.79. The van der Waals surface area contributed by atoms with Crippen LogP contribution in [0, 0.1) is 0 Å². The summed E-state index contributed by atoms with van der Waals surface area (Å²) >= 11 is 0. The summed E-state index contributed by atoms with van der Waals surface area (Å²) in [4.78, 5) is 14.5. The third-order valence-corrected chi connectivity index (χ3v) is 5.48. The van der Waals surface area contributed by atoms with Crippen molar-refractivity contribution >= 4 is 11.0 Å². The van der Waals surface area contributed by atoms with E-state index in [-0.39, 0.29) is 5.63 Å². The van der Waals surface area contributed by atoms with Gasteiger partial charge in [0.1, 0.15) is 12.1 Å². The number of benzene rings is 1. The van der Waals surface area contributed by atoms with E-state index in [1.807, 2.05) is 6.07 Å². The number of rotatable bonds is 3. The molecule has 0 spiro atoms. The van der Waals surface area contributed by atoms with Crippen molar-refractivity contribution in [2.75, 3.05) is 39.3 Å². The normalized spacial score (nSPS) is 27.4. The number of piperazine rings is 3. The highest BCUT2D eigenvalue weighted by Gasteiger charge is 2.38. The Labute approximate surface area is 130 Å². The first-order chi connectivity index (χ1) is 10.7. The van der Waals surface area contributed by atoms with Gasteiger partial charge in [-0.3, -0.25) is 4.90 Å². The van der Waals surface area contributed by atoms with E-state index in [4.69, 9.17) is 4.42 Å². The molecular formula is C18H23N2O2+. The molecule has 4 nitrogen and oxygen atoms in total. The number of nitrogens with zero attached hydrogens (tertiary/aromatic N) is 2. The standard InChI is InChI=1S/C18H23N2O2/c1-2-14-3-4-16-15(12-18(21)22-17(16)11-14)13-20-8-5-19(6-9-20)7-10-20/h3-4,11-12H,2,5-10,13H2,1H3/q+1. The fraction of sp³-hybridized carbons (Fsp3) is 0.500. The average Bonchev–Trinajstić information content (AvgIpc) is 2.55. The van der Waals surface area contributed by atoms with E-state index in [2.05, 4.69) is 24.0 Å². The van der Waals surface area contributed by atoms with Crippen LogP contribution in [-0.2, 0) is 13.0 Å². The van der Waals surface area contributed by atoms with Crippen LogP contribution in [0.1, 0.15) is 18.1 Å². The number of quaternary nitrogens is 1. The molecule has 0 amide bonds. The Hall–Kier alpha value is -1.65. The molecule has 0 saturated carbocycles. The van der Waals surface area contributed by atoms with E-state index < -0.39 is 0 Å². The molecule has 22 heavy (non-hydrogen) atoms. The first-order valence-corrected chi connectivity index (χ1v) is 8.31. The fourth-order valence-electron chi connectivity index (χ4n) is 3.96. The van der Waals surface area contributed by atoms with E-state index in [1.54, 1.807) is 6.07 Å². The van der Waals surface area contributed by atoms with Gasteiger partial charge < -0.3 is 8.90 Å². The number of hydrogen-bond donors (Lipinski definition) is 0. The van der Waals surface area contributed by atoms with Crippen molar-refractivity contribution in [2.45, 2.75) is 19.9 Å². The summed E-state index contributed by atoms with van der Waals surface area (Å²) in [7, 11) is 0. The van der Waals surface area contributed by atoms with Crippen molar-refractivity contribution < 1.29 is 8.90 Å². The molecule has 1 aromatic carbocycles. The Balaban J connectivity index is 1.76. The van der Waals surface area contributed by atoms with Crippen LogP contribution >= 0.6 is 0 Å². The third-order valence-electron chi connectivity index (χ3n) is 5.48. The van der Waals surface area contributed by atoms with Gasteiger partial charge in [0.25, 0.3) is 0 Å². The minimum Gasteiger partial charge on any atom is -0.423 e. The Bertz CT molecular complexity index is 743. The molecule has 3 aliphatic heterocycles. The molecule has 0 radical (unpaired) electrons. The lowest BCUT2D eigenvalue weighted by Gasteiger charge is -2.50. The van der Waals surface area contributed by atoms with Crippen LogP contribution in [-0.4, -0.2) is 48.7 Å². The van der Waals surface area contributed by atoms with Crippen LogP contribution in [0.25, 0.3) is 11.0 Å². The Morgan fingerprint density at radius 3 is 2.55 bits per heavy atom. The molecule has 2 aromatic rings. The van der Waals surface area contributed by atoms with Crippen LogP contribution in [0.3, 0.4) is 0 Å². The SMILES string of the molecule is CCc1ccc2c(C[N+]34CCN(CC3)CC4)cc(=O)oc2c1. The maximum atomic E-state index is 12.0. The smallest absolute Gasteiger partial charge is 0.336 e. The second-order valence-corrected chi connectivity index (χ2v) is 6.79. The summed E-state index contributed by atoms with van der Waals surface area (Å²) in [6.45, 7) is 10.3. The number of hydrogen-bond acceptors (Lipinski definition) is 3. The molecule has 0 aliphatic carbocycles. The van der Waals surface area contributed by atoms with E-state index in [0.717, 1.165) is 34.0 Å². The van der Waals surface area contributed by atoms with Gasteiger partial charge in [-0.2, -0.15) is 0 Å². The topological polar surface area (TPSA) is 33.5 Å². The zero-order valence-corrected chi connectivity index (χ0v) is 13.2. The second kappa shape index (κ2) is 5.21. The van der Waals surface area contributed by atoms with Gasteiger partial charge in [0.2, 0.25) is 0 Å². The first kappa shape index (κ1) is 14.0. The maximum absolute atomic E-state index is 12.0. The summed E-state index contributed by atoms with van der Waals surface area (Å²) in [5.74, 6) is 0. The molecule has 2 bridgehead atoms. The quantitative estimate of drug-likeness (QED) is 0.642. The Kier molecular flexibility index (Phi) is 3.31. The molecule has 4 heteroatoms. The monoisotopic (exact) mass is 299 g/mol. The lowest BCUT2D eigenvalue weighted by atomic mass is 10.0. The number of fused-ring (bicyclic) bond motifs is 4. The summed E-state index contributed by atoms with van der Waals surface area (Å²) in [6.07, 6.45) is 0.958. The Morgan fingerprint density at radius 2 is 1.86 bits per heavy atom. The molecule has 3 saturated heterocycles. The van der Waals surface area contributed by atoms with Gasteiger partial charge in [0.05, 0.1) is 19.6 Å². The predicted molar refractivity (Wildman–Crippen MR) is 86.9 cm³/mol. The molecular weight excluding hydrogens is 276 g/mol. The van der Waals surface area contributed by atoms with E-state index in [0.29, 0.717) is 0 Å². The molecule has 0 N–H and O–H groups in total. The van der Waals surface area contributed by atoms with E-state index in [9.17, 15) is 4.79 Å². The van der Waals surface area contributed by atoms with Gasteiger partial charge in [-0.25, -0.2) is 4.79 Å². The highest BCUT2D eigenvalue weighted by molar-refractivity contribution is 5.80. The van der Waals surface area contributed by atoms with Gasteiger partial charge >= 0.3 is 5.63 Å². The first-order valence-electron chi connectivity index (χ1n) is 8.31. The predicted octanol–water partition coefficient (Wildman–Crippen LogP) is 2.00. The lowest BCUT2D eigenvalue weighted by molar-refractivity contribution is -0.953. The highest BCUT2D eigenvalue weighted by Crippen LogP contribution is 2.27. The maximum Gasteiger partial charge on any atom is 0.336 e. The van der Waals surface area contributed by atoms with Gasteiger partial charge in [-0.05, 0) is 18.1 Å². The van der Waals surface area contributed by atoms with Crippen LogP contribution in [0.2, 0.25) is 0 Å². The molecule has 3 aliphatic rings. The van der Waals surface area contributed by atoms with Crippen LogP contribution in [0.5, 0.6) is 0 Å². The molecule has 1 aromatic heterocycles. The van der Waals surface area contributed by atoms with Gasteiger partial charge in [-0.1, -0.05) is 19.1 Å². The van der Waals surface area contributed by atoms with Gasteiger partial charge in [-0.15, -0.1) is 0 Å². The average molecular weight is 299 g/mol. The summed E-state index contributed by atoms with van der Waals surface area (Å²) in [5.41, 5.74) is 2.90. The lowest BCUT2D eigenvalue weighted by Crippen LogP contribution is -2.66. The number of aryl methyl sites for hydroxylation is 1. The molecule has 5 rings (SSSR count). The zero-order chi connectivity index (χ0) is 15.2. The zero-order valence-electron chi connectivity index (χ0n) is 13.2. The van der Waals surface area contributed by atoms with Gasteiger partial charge in [0.15, 0.2) is 0 Å². The van der Waals surface area contributed by atoms with Crippen molar-refractivity contribution in [1.29, 1.82) is 0 Å². The minimum absolute atomic E-state index is 0.218. The minimum atomic E-state index is -0.218. The van der Waals surface area contributed by atoms with E-state index >= 15 is 0 Å². The summed E-state index contributed by atoms with van der Waals surface area (Å²) < 4.78 is 6.57. The molecule has 0 unspecified atom stereocenters. The van der Waals surface area contributed by atoms with Gasteiger partial charge in [0, 0.05) is 36.7 Å². The van der Waals surface area contributed by atoms with E-state index in [1.165, 1.54) is 44.8 Å². The fourth-order valence-corrected chi connectivity index (χ4v) is 3.96. The van der Waals surface area contributed by atoms with Crippen LogP contribution < -0.4 is 5.63 Å². The third kappa shape index (κ3) is 2.36. The van der Waals surface area contributed by atoms with Crippen molar-refractivity contribution in [3.63, 3.8) is 0 Å². The Morgan fingerprint density at radius 1 is 1.14 bits per heavy atom. The van der Waals surface area contributed by atoms with Crippen molar-refractivity contribution in [1.82, 2.24) is 4.90 Å². The summed E-state index contributed by atoms with van der Waals surface area (Å²) in [5, 5.41) is 1.11. The molecule has 116 valence electrons.